The van der Waals surface area contributed by atoms with Crippen LogP contribution in [0.25, 0.3) is 10.8 Å². The second-order valence-electron chi connectivity index (χ2n) is 5.27. The lowest BCUT2D eigenvalue weighted by molar-refractivity contribution is -0.661. The quantitative estimate of drug-likeness (QED) is 0.816. The average Bonchev–Trinajstić information content (AvgIpc) is 3.00. The Labute approximate surface area is 119 Å². The minimum Gasteiger partial charge on any atom is -0.487 e. The molecule has 0 bridgehead atoms. The third-order valence-electron chi connectivity index (χ3n) is 3.78. The minimum atomic E-state index is 0.451. The molecule has 0 saturated carbocycles. The molecular formula is C17H22NO2+. The summed E-state index contributed by atoms with van der Waals surface area (Å²) in [7, 11) is 0. The van der Waals surface area contributed by atoms with E-state index in [1.54, 1.807) is 0 Å². The third kappa shape index (κ3) is 3.30. The van der Waals surface area contributed by atoms with Gasteiger partial charge in [-0.15, -0.1) is 0 Å². The molecule has 2 aromatic rings. The van der Waals surface area contributed by atoms with Gasteiger partial charge in [0.15, 0.2) is 0 Å². The molecule has 1 aliphatic rings. The highest BCUT2D eigenvalue weighted by Gasteiger charge is 2.16. The molecule has 0 spiro atoms. The van der Waals surface area contributed by atoms with Gasteiger partial charge in [-0.05, 0) is 24.3 Å². The van der Waals surface area contributed by atoms with Crippen molar-refractivity contribution in [2.24, 2.45) is 0 Å². The number of ether oxygens (including phenoxy) is 2. The largest absolute Gasteiger partial charge is 0.487 e. The van der Waals surface area contributed by atoms with Crippen molar-refractivity contribution in [2.45, 2.75) is 18.9 Å². The van der Waals surface area contributed by atoms with E-state index in [0.29, 0.717) is 6.10 Å². The zero-order valence-corrected chi connectivity index (χ0v) is 11.8. The number of quaternary nitrogens is 1. The molecule has 20 heavy (non-hydrogen) atoms. The second kappa shape index (κ2) is 6.73. The van der Waals surface area contributed by atoms with E-state index >= 15 is 0 Å². The minimum absolute atomic E-state index is 0.451. The molecule has 1 heterocycles. The molecule has 2 aromatic carbocycles. The van der Waals surface area contributed by atoms with Gasteiger partial charge in [-0.1, -0.05) is 36.4 Å². The summed E-state index contributed by atoms with van der Waals surface area (Å²) in [6.07, 6.45) is 2.87. The summed E-state index contributed by atoms with van der Waals surface area (Å²) >= 11 is 0. The van der Waals surface area contributed by atoms with Crippen LogP contribution in [0.4, 0.5) is 0 Å². The van der Waals surface area contributed by atoms with Crippen LogP contribution in [-0.2, 0) is 4.74 Å². The fourth-order valence-corrected chi connectivity index (χ4v) is 2.71. The molecule has 1 aliphatic heterocycles. The van der Waals surface area contributed by atoms with Gasteiger partial charge in [-0.3, -0.25) is 0 Å². The smallest absolute Gasteiger partial charge is 0.137 e. The van der Waals surface area contributed by atoms with Crippen molar-refractivity contribution in [3.8, 4) is 5.75 Å². The summed E-state index contributed by atoms with van der Waals surface area (Å²) in [4.78, 5) is 0. The molecule has 3 rings (SSSR count). The topological polar surface area (TPSA) is 35.1 Å². The molecule has 1 saturated heterocycles. The van der Waals surface area contributed by atoms with Crippen molar-refractivity contribution in [2.75, 3.05) is 26.3 Å². The first-order chi connectivity index (χ1) is 9.93. The number of nitrogens with two attached hydrogens (primary N) is 1. The molecule has 3 nitrogen and oxygen atoms in total. The van der Waals surface area contributed by atoms with Crippen LogP contribution in [0.3, 0.4) is 0 Å². The second-order valence-corrected chi connectivity index (χ2v) is 5.27. The molecule has 2 N–H and O–H groups in total. The van der Waals surface area contributed by atoms with Gasteiger partial charge in [0.1, 0.15) is 31.5 Å². The summed E-state index contributed by atoms with van der Waals surface area (Å²) in [5.74, 6) is 0.980. The maximum atomic E-state index is 5.91. The molecule has 0 amide bonds. The van der Waals surface area contributed by atoms with Crippen molar-refractivity contribution in [3.05, 3.63) is 42.5 Å². The average molecular weight is 272 g/mol. The first-order valence-electron chi connectivity index (χ1n) is 7.47. The van der Waals surface area contributed by atoms with E-state index in [4.69, 9.17) is 9.47 Å². The van der Waals surface area contributed by atoms with Gasteiger partial charge in [0.05, 0.1) is 0 Å². The maximum absolute atomic E-state index is 5.91. The highest BCUT2D eigenvalue weighted by Crippen LogP contribution is 2.24. The lowest BCUT2D eigenvalue weighted by Gasteiger charge is -2.10. The summed E-state index contributed by atoms with van der Waals surface area (Å²) in [6.45, 7) is 3.70. The van der Waals surface area contributed by atoms with Crippen molar-refractivity contribution in [1.29, 1.82) is 0 Å². The highest BCUT2D eigenvalue weighted by molar-refractivity contribution is 5.88. The molecule has 0 radical (unpaired) electrons. The third-order valence-corrected chi connectivity index (χ3v) is 3.78. The molecule has 0 unspecified atom stereocenters. The fourth-order valence-electron chi connectivity index (χ4n) is 2.71. The van der Waals surface area contributed by atoms with Crippen LogP contribution in [-0.4, -0.2) is 32.4 Å². The van der Waals surface area contributed by atoms with Crippen LogP contribution in [0.5, 0.6) is 5.75 Å². The predicted molar refractivity (Wildman–Crippen MR) is 80.1 cm³/mol. The summed E-state index contributed by atoms with van der Waals surface area (Å²) < 4.78 is 11.5. The van der Waals surface area contributed by atoms with Crippen LogP contribution in [0.2, 0.25) is 0 Å². The van der Waals surface area contributed by atoms with Gasteiger partial charge in [0.2, 0.25) is 0 Å². The van der Waals surface area contributed by atoms with Gasteiger partial charge in [-0.2, -0.15) is 0 Å². The van der Waals surface area contributed by atoms with Crippen molar-refractivity contribution in [3.63, 3.8) is 0 Å². The van der Waals surface area contributed by atoms with E-state index in [0.717, 1.165) is 32.1 Å². The fraction of sp³-hybridized carbons (Fsp3) is 0.412. The van der Waals surface area contributed by atoms with Crippen molar-refractivity contribution < 1.29 is 14.8 Å². The Balaban J connectivity index is 1.47. The van der Waals surface area contributed by atoms with Gasteiger partial charge >= 0.3 is 0 Å². The van der Waals surface area contributed by atoms with Crippen LogP contribution in [0.1, 0.15) is 12.8 Å². The SMILES string of the molecule is c1ccc2c(OCC[NH2+]C[C@H]3CCCO3)cccc2c1. The highest BCUT2D eigenvalue weighted by atomic mass is 16.5. The van der Waals surface area contributed by atoms with Crippen LogP contribution < -0.4 is 10.1 Å². The lowest BCUT2D eigenvalue weighted by Crippen LogP contribution is -2.87. The standard InChI is InChI=1S/C17H21NO2/c1-2-8-16-14(5-1)6-3-9-17(16)20-12-10-18-13-15-7-4-11-19-15/h1-3,5-6,8-9,15,18H,4,7,10-13H2/p+1/t15-/m1/s1. The summed E-state index contributed by atoms with van der Waals surface area (Å²) in [5.41, 5.74) is 0. The van der Waals surface area contributed by atoms with Gasteiger partial charge in [0, 0.05) is 12.0 Å². The van der Waals surface area contributed by atoms with E-state index in [-0.39, 0.29) is 0 Å². The normalized spacial score (nSPS) is 18.5. The Bertz CT molecular complexity index is 544. The summed E-state index contributed by atoms with van der Waals surface area (Å²) in [5, 5.41) is 4.71. The van der Waals surface area contributed by atoms with Gasteiger partial charge in [0.25, 0.3) is 0 Å². The molecule has 106 valence electrons. The van der Waals surface area contributed by atoms with Gasteiger partial charge < -0.3 is 14.8 Å². The Morgan fingerprint density at radius 1 is 1.15 bits per heavy atom. The van der Waals surface area contributed by atoms with E-state index in [1.165, 1.54) is 23.6 Å². The number of hydrogen-bond donors (Lipinski definition) is 1. The zero-order chi connectivity index (χ0) is 13.6. The first kappa shape index (κ1) is 13.4. The van der Waals surface area contributed by atoms with E-state index in [1.807, 2.05) is 12.1 Å². The Hall–Kier alpha value is -1.58. The van der Waals surface area contributed by atoms with Crippen LogP contribution in [0.15, 0.2) is 42.5 Å². The molecule has 1 fully saturated rings. The number of fused-ring (bicyclic) bond motifs is 1. The van der Waals surface area contributed by atoms with Crippen molar-refractivity contribution >= 4 is 10.8 Å². The molecule has 3 heteroatoms. The predicted octanol–water partition coefficient (Wildman–Crippen LogP) is 1.96. The Kier molecular flexibility index (Phi) is 4.51. The lowest BCUT2D eigenvalue weighted by atomic mass is 10.1. The molecular weight excluding hydrogens is 250 g/mol. The Morgan fingerprint density at radius 2 is 2.05 bits per heavy atom. The zero-order valence-electron chi connectivity index (χ0n) is 11.8. The molecule has 1 atom stereocenters. The Morgan fingerprint density at radius 3 is 2.95 bits per heavy atom. The van der Waals surface area contributed by atoms with Crippen LogP contribution in [0, 0.1) is 0 Å². The van der Waals surface area contributed by atoms with E-state index < -0.39 is 0 Å². The maximum Gasteiger partial charge on any atom is 0.137 e. The number of benzene rings is 2. The van der Waals surface area contributed by atoms with Gasteiger partial charge in [-0.25, -0.2) is 0 Å². The number of hydrogen-bond acceptors (Lipinski definition) is 2. The van der Waals surface area contributed by atoms with E-state index in [9.17, 15) is 0 Å². The first-order valence-corrected chi connectivity index (χ1v) is 7.47. The van der Waals surface area contributed by atoms with E-state index in [2.05, 4.69) is 35.6 Å². The summed E-state index contributed by atoms with van der Waals surface area (Å²) in [6, 6.07) is 14.6. The van der Waals surface area contributed by atoms with Crippen LogP contribution >= 0.6 is 0 Å². The van der Waals surface area contributed by atoms with Crippen molar-refractivity contribution in [1.82, 2.24) is 0 Å². The monoisotopic (exact) mass is 272 g/mol. The number of rotatable bonds is 6. The molecule has 0 aromatic heterocycles. The molecule has 0 aliphatic carbocycles.